The molecule has 2 rings (SSSR count). The second kappa shape index (κ2) is 13.3. The highest BCUT2D eigenvalue weighted by Gasteiger charge is 2.47. The third-order valence-corrected chi connectivity index (χ3v) is 5.72. The molecule has 0 amide bonds. The molecule has 11 nitrogen and oxygen atoms in total. The first-order valence-electron chi connectivity index (χ1n) is 11.0. The van der Waals surface area contributed by atoms with E-state index in [0.717, 1.165) is 32.1 Å². The number of hydrogen-bond donors (Lipinski definition) is 7. The van der Waals surface area contributed by atoms with Gasteiger partial charge in [0.2, 0.25) is 0 Å². The van der Waals surface area contributed by atoms with Crippen LogP contribution in [-0.4, -0.2) is 117 Å². The number of aliphatic hydroxyl groups excluding tert-OH is 7. The zero-order valence-corrected chi connectivity index (χ0v) is 17.9. The third kappa shape index (κ3) is 7.27. The van der Waals surface area contributed by atoms with Crippen molar-refractivity contribution in [3.05, 3.63) is 0 Å². The van der Waals surface area contributed by atoms with E-state index in [4.69, 9.17) is 18.9 Å². The second-order valence-electron chi connectivity index (χ2n) is 8.18. The molecular weight excluding hydrogens is 416 g/mol. The molecule has 2 aliphatic heterocycles. The Morgan fingerprint density at radius 3 is 1.74 bits per heavy atom. The van der Waals surface area contributed by atoms with Crippen LogP contribution in [0.3, 0.4) is 0 Å². The Morgan fingerprint density at radius 2 is 1.13 bits per heavy atom. The van der Waals surface area contributed by atoms with Crippen molar-refractivity contribution in [3.8, 4) is 0 Å². The summed E-state index contributed by atoms with van der Waals surface area (Å²) in [4.78, 5) is 0. The van der Waals surface area contributed by atoms with Gasteiger partial charge >= 0.3 is 0 Å². The van der Waals surface area contributed by atoms with Gasteiger partial charge in [0.1, 0.15) is 48.8 Å². The molecule has 31 heavy (non-hydrogen) atoms. The van der Waals surface area contributed by atoms with Gasteiger partial charge in [-0.2, -0.15) is 0 Å². The topological polar surface area (TPSA) is 179 Å². The van der Waals surface area contributed by atoms with Crippen molar-refractivity contribution in [2.75, 3.05) is 19.8 Å². The zero-order valence-electron chi connectivity index (χ0n) is 17.9. The van der Waals surface area contributed by atoms with Crippen molar-refractivity contribution in [1.82, 2.24) is 0 Å². The number of hydrogen-bond acceptors (Lipinski definition) is 11. The number of unbranched alkanes of at least 4 members (excludes halogenated alkanes) is 5. The maximum atomic E-state index is 10.2. The van der Waals surface area contributed by atoms with Gasteiger partial charge in [-0.25, -0.2) is 0 Å². The highest BCUT2D eigenvalue weighted by atomic mass is 16.7. The van der Waals surface area contributed by atoms with Crippen LogP contribution in [0.15, 0.2) is 0 Å². The highest BCUT2D eigenvalue weighted by molar-refractivity contribution is 4.91. The van der Waals surface area contributed by atoms with Crippen LogP contribution in [0.5, 0.6) is 0 Å². The van der Waals surface area contributed by atoms with Crippen molar-refractivity contribution < 1.29 is 54.7 Å². The minimum atomic E-state index is -1.60. The summed E-state index contributed by atoms with van der Waals surface area (Å²) in [6.07, 6.45) is -7.70. The normalized spacial score (nSPS) is 41.4. The monoisotopic (exact) mass is 454 g/mol. The number of aliphatic hydroxyl groups is 7. The van der Waals surface area contributed by atoms with Gasteiger partial charge in [-0.3, -0.25) is 0 Å². The summed E-state index contributed by atoms with van der Waals surface area (Å²) in [6.45, 7) is 1.48. The minimum Gasteiger partial charge on any atom is -0.394 e. The molecule has 0 aromatic heterocycles. The Hall–Kier alpha value is -0.440. The molecule has 7 N–H and O–H groups in total. The molecule has 2 fully saturated rings. The standard InChI is InChI=1S/C20H38O11/c1-2-3-4-5-6-7-8-28-19-17(26)16(25)14(23)12(31-19)10-29-20-18(27)15(24)13(22)11(9-21)30-20/h11-27H,2-10H2,1H3/t11-,12-,13-,14-,15+,16+,17+,18-,19+,20+/m1/s1. The van der Waals surface area contributed by atoms with E-state index in [1.165, 1.54) is 6.42 Å². The van der Waals surface area contributed by atoms with E-state index in [1.54, 1.807) is 0 Å². The first-order chi connectivity index (χ1) is 14.8. The van der Waals surface area contributed by atoms with Gasteiger partial charge in [0.15, 0.2) is 12.6 Å². The lowest BCUT2D eigenvalue weighted by Gasteiger charge is -2.42. The van der Waals surface area contributed by atoms with Crippen LogP contribution in [0, 0.1) is 0 Å². The molecule has 0 saturated carbocycles. The Labute approximate surface area is 182 Å². The molecule has 0 unspecified atom stereocenters. The van der Waals surface area contributed by atoms with Crippen LogP contribution in [0.2, 0.25) is 0 Å². The summed E-state index contributed by atoms with van der Waals surface area (Å²) < 4.78 is 21.7. The molecule has 0 aromatic rings. The predicted octanol–water partition coefficient (Wildman–Crippen LogP) is -2.01. The fourth-order valence-electron chi connectivity index (χ4n) is 3.67. The van der Waals surface area contributed by atoms with Crippen LogP contribution in [0.1, 0.15) is 45.4 Å². The quantitative estimate of drug-likeness (QED) is 0.162. The predicted molar refractivity (Wildman–Crippen MR) is 106 cm³/mol. The molecular formula is C20H38O11. The fourth-order valence-corrected chi connectivity index (χ4v) is 3.67. The number of ether oxygens (including phenoxy) is 4. The average Bonchev–Trinajstić information content (AvgIpc) is 2.77. The molecule has 2 heterocycles. The van der Waals surface area contributed by atoms with Gasteiger partial charge in [0.05, 0.1) is 13.2 Å². The van der Waals surface area contributed by atoms with E-state index in [1.807, 2.05) is 0 Å². The van der Waals surface area contributed by atoms with Crippen LogP contribution >= 0.6 is 0 Å². The van der Waals surface area contributed by atoms with Crippen molar-refractivity contribution in [3.63, 3.8) is 0 Å². The summed E-state index contributed by atoms with van der Waals surface area (Å²) in [7, 11) is 0. The summed E-state index contributed by atoms with van der Waals surface area (Å²) >= 11 is 0. The molecule has 0 aromatic carbocycles. The molecule has 184 valence electrons. The maximum absolute atomic E-state index is 10.2. The van der Waals surface area contributed by atoms with Gasteiger partial charge in [-0.05, 0) is 6.42 Å². The molecule has 0 spiro atoms. The van der Waals surface area contributed by atoms with E-state index < -0.39 is 68.0 Å². The van der Waals surface area contributed by atoms with Crippen molar-refractivity contribution in [2.45, 2.75) is 107 Å². The lowest BCUT2D eigenvalue weighted by Crippen LogP contribution is -2.61. The van der Waals surface area contributed by atoms with Gasteiger partial charge in [0, 0.05) is 6.61 Å². The lowest BCUT2D eigenvalue weighted by atomic mass is 9.98. The summed E-state index contributed by atoms with van der Waals surface area (Å²) in [5.41, 5.74) is 0. The van der Waals surface area contributed by atoms with Gasteiger partial charge in [-0.15, -0.1) is 0 Å². The first-order valence-corrected chi connectivity index (χ1v) is 11.0. The SMILES string of the molecule is CCCCCCCCO[C@H]1O[C@H](CO[C@H]2O[C@H](CO)[C@@H](O)[C@H](O)[C@H]2O)[C@@H](O)[C@H](O)[C@@H]1O. The maximum Gasteiger partial charge on any atom is 0.186 e. The van der Waals surface area contributed by atoms with Crippen LogP contribution < -0.4 is 0 Å². The molecule has 0 bridgehead atoms. The van der Waals surface area contributed by atoms with Crippen LogP contribution in [0.25, 0.3) is 0 Å². The van der Waals surface area contributed by atoms with Crippen molar-refractivity contribution in [2.24, 2.45) is 0 Å². The van der Waals surface area contributed by atoms with Crippen LogP contribution in [-0.2, 0) is 18.9 Å². The lowest BCUT2D eigenvalue weighted by molar-refractivity contribution is -0.331. The van der Waals surface area contributed by atoms with E-state index in [2.05, 4.69) is 6.92 Å². The molecule has 2 aliphatic rings. The Kier molecular flexibility index (Phi) is 11.5. The van der Waals surface area contributed by atoms with E-state index in [0.29, 0.717) is 6.61 Å². The minimum absolute atomic E-state index is 0.316. The Balaban J connectivity index is 1.83. The second-order valence-corrected chi connectivity index (χ2v) is 8.18. The van der Waals surface area contributed by atoms with Gasteiger partial charge < -0.3 is 54.7 Å². The third-order valence-electron chi connectivity index (χ3n) is 5.72. The Bertz CT molecular complexity index is 494. The molecule has 11 heteroatoms. The Morgan fingerprint density at radius 1 is 0.613 bits per heavy atom. The van der Waals surface area contributed by atoms with Crippen molar-refractivity contribution >= 4 is 0 Å². The van der Waals surface area contributed by atoms with Crippen molar-refractivity contribution in [1.29, 1.82) is 0 Å². The van der Waals surface area contributed by atoms with E-state index in [-0.39, 0.29) is 6.61 Å². The fraction of sp³-hybridized carbons (Fsp3) is 1.00. The van der Waals surface area contributed by atoms with Gasteiger partial charge in [0.25, 0.3) is 0 Å². The number of rotatable bonds is 12. The molecule has 0 aliphatic carbocycles. The average molecular weight is 455 g/mol. The molecule has 0 radical (unpaired) electrons. The smallest absolute Gasteiger partial charge is 0.186 e. The summed E-state index contributed by atoms with van der Waals surface area (Å²) in [6, 6.07) is 0. The largest absolute Gasteiger partial charge is 0.394 e. The first kappa shape index (κ1) is 26.8. The summed E-state index contributed by atoms with van der Waals surface area (Å²) in [5.74, 6) is 0. The molecule has 10 atom stereocenters. The van der Waals surface area contributed by atoms with Gasteiger partial charge in [-0.1, -0.05) is 39.0 Å². The molecule has 2 saturated heterocycles. The highest BCUT2D eigenvalue weighted by Crippen LogP contribution is 2.26. The van der Waals surface area contributed by atoms with E-state index in [9.17, 15) is 35.7 Å². The van der Waals surface area contributed by atoms with E-state index >= 15 is 0 Å². The zero-order chi connectivity index (χ0) is 23.0. The van der Waals surface area contributed by atoms with Crippen LogP contribution in [0.4, 0.5) is 0 Å². The summed E-state index contributed by atoms with van der Waals surface area (Å²) in [5, 5.41) is 69.3.